The smallest absolute Gasteiger partial charge is 0.387 e. The third kappa shape index (κ3) is 4.53. The first-order chi connectivity index (χ1) is 8.04. The molecular weight excluding hydrogens is 304 g/mol. The lowest BCUT2D eigenvalue weighted by atomic mass is 10.0. The number of benzene rings is 1. The molecule has 0 aromatic heterocycles. The molecule has 0 aliphatic heterocycles. The number of halogens is 5. The minimum Gasteiger partial charge on any atom is -0.435 e. The van der Waals surface area contributed by atoms with Crippen molar-refractivity contribution in [2.75, 3.05) is 5.33 Å². The van der Waals surface area contributed by atoms with Gasteiger partial charge < -0.3 is 4.74 Å². The molecule has 0 saturated carbocycles. The van der Waals surface area contributed by atoms with Crippen LogP contribution in [0.2, 0.25) is 0 Å². The fourth-order valence-electron chi connectivity index (χ4n) is 1.44. The summed E-state index contributed by atoms with van der Waals surface area (Å²) in [6.45, 7) is -3.01. The van der Waals surface area contributed by atoms with E-state index in [1.54, 1.807) is 0 Å². The zero-order valence-electron chi connectivity index (χ0n) is 8.81. The van der Waals surface area contributed by atoms with E-state index in [0.717, 1.165) is 6.07 Å². The minimum atomic E-state index is -3.01. The van der Waals surface area contributed by atoms with Crippen LogP contribution < -0.4 is 4.74 Å². The minimum absolute atomic E-state index is 0.238. The average Bonchev–Trinajstić information content (AvgIpc) is 2.26. The van der Waals surface area contributed by atoms with E-state index < -0.39 is 13.0 Å². The lowest BCUT2D eigenvalue weighted by molar-refractivity contribution is -0.0500. The van der Waals surface area contributed by atoms with Crippen LogP contribution in [0, 0.1) is 0 Å². The van der Waals surface area contributed by atoms with Gasteiger partial charge >= 0.3 is 6.61 Å². The maximum atomic E-state index is 12.7. The van der Waals surface area contributed by atoms with Crippen molar-refractivity contribution in [2.45, 2.75) is 25.9 Å². The van der Waals surface area contributed by atoms with E-state index >= 15 is 0 Å². The Bertz CT molecular complexity index is 357. The van der Waals surface area contributed by atoms with Gasteiger partial charge in [-0.15, -0.1) is 0 Å². The molecule has 17 heavy (non-hydrogen) atoms. The Morgan fingerprint density at radius 2 is 1.88 bits per heavy atom. The topological polar surface area (TPSA) is 9.23 Å². The molecular formula is C11H11BrF4O. The van der Waals surface area contributed by atoms with E-state index in [2.05, 4.69) is 20.7 Å². The van der Waals surface area contributed by atoms with Gasteiger partial charge in [-0.25, -0.2) is 8.78 Å². The van der Waals surface area contributed by atoms with Gasteiger partial charge in [0, 0.05) is 10.9 Å². The average molecular weight is 315 g/mol. The largest absolute Gasteiger partial charge is 0.435 e. The second kappa shape index (κ2) is 6.83. The van der Waals surface area contributed by atoms with Crippen molar-refractivity contribution in [1.82, 2.24) is 0 Å². The number of rotatable bonds is 6. The van der Waals surface area contributed by atoms with Crippen LogP contribution in [-0.4, -0.2) is 11.9 Å². The molecule has 0 bridgehead atoms. The van der Waals surface area contributed by atoms with Crippen LogP contribution in [0.15, 0.2) is 18.2 Å². The lowest BCUT2D eigenvalue weighted by Crippen LogP contribution is -2.04. The van der Waals surface area contributed by atoms with Crippen LogP contribution in [0.3, 0.4) is 0 Å². The van der Waals surface area contributed by atoms with Gasteiger partial charge in [0.25, 0.3) is 6.43 Å². The van der Waals surface area contributed by atoms with Crippen LogP contribution in [0.1, 0.15) is 24.0 Å². The summed E-state index contributed by atoms with van der Waals surface area (Å²) in [6, 6.07) is 3.66. The first-order valence-corrected chi connectivity index (χ1v) is 6.08. The molecule has 0 unspecified atom stereocenters. The number of hydrogen-bond donors (Lipinski definition) is 0. The molecule has 0 heterocycles. The van der Waals surface area contributed by atoms with E-state index in [0.29, 0.717) is 23.7 Å². The molecule has 0 aliphatic carbocycles. The van der Waals surface area contributed by atoms with Crippen LogP contribution in [0.25, 0.3) is 0 Å². The summed E-state index contributed by atoms with van der Waals surface area (Å²) in [7, 11) is 0. The SMILES string of the molecule is FC(F)Oc1ccc(CCCBr)c(C(F)F)c1. The van der Waals surface area contributed by atoms with E-state index in [1.807, 2.05) is 0 Å². The monoisotopic (exact) mass is 314 g/mol. The molecule has 0 amide bonds. The Balaban J connectivity index is 2.91. The van der Waals surface area contributed by atoms with Crippen LogP contribution in [0.4, 0.5) is 17.6 Å². The Kier molecular flexibility index (Phi) is 5.74. The number of alkyl halides is 5. The number of ether oxygens (including phenoxy) is 1. The molecule has 0 saturated heterocycles. The highest BCUT2D eigenvalue weighted by atomic mass is 79.9. The molecule has 0 radical (unpaired) electrons. The van der Waals surface area contributed by atoms with Gasteiger partial charge in [0.1, 0.15) is 5.75 Å². The van der Waals surface area contributed by atoms with Crippen LogP contribution in [-0.2, 0) is 6.42 Å². The van der Waals surface area contributed by atoms with Gasteiger partial charge in [-0.05, 0) is 30.5 Å². The number of aryl methyl sites for hydroxylation is 1. The Hall–Kier alpha value is -0.780. The fourth-order valence-corrected chi connectivity index (χ4v) is 1.72. The first kappa shape index (κ1) is 14.3. The second-order valence-corrected chi connectivity index (χ2v) is 4.13. The molecule has 1 aromatic carbocycles. The predicted molar refractivity (Wildman–Crippen MR) is 60.1 cm³/mol. The third-order valence-electron chi connectivity index (χ3n) is 2.16. The molecule has 0 aliphatic rings. The van der Waals surface area contributed by atoms with E-state index in [4.69, 9.17) is 0 Å². The van der Waals surface area contributed by atoms with Crippen LogP contribution in [0.5, 0.6) is 5.75 Å². The fraction of sp³-hybridized carbons (Fsp3) is 0.455. The van der Waals surface area contributed by atoms with Gasteiger partial charge in [-0.1, -0.05) is 22.0 Å². The normalized spacial score (nSPS) is 11.2. The van der Waals surface area contributed by atoms with Gasteiger partial charge in [-0.3, -0.25) is 0 Å². The summed E-state index contributed by atoms with van der Waals surface area (Å²) in [6.07, 6.45) is -1.52. The van der Waals surface area contributed by atoms with Crippen molar-refractivity contribution < 1.29 is 22.3 Å². The zero-order valence-corrected chi connectivity index (χ0v) is 10.4. The summed E-state index contributed by atoms with van der Waals surface area (Å²) in [4.78, 5) is 0. The predicted octanol–water partition coefficient (Wildman–Crippen LogP) is 4.55. The second-order valence-electron chi connectivity index (χ2n) is 3.33. The number of hydrogen-bond acceptors (Lipinski definition) is 1. The molecule has 1 nitrogen and oxygen atoms in total. The summed E-state index contributed by atoms with van der Waals surface area (Å²) < 4.78 is 53.4. The molecule has 96 valence electrons. The molecule has 0 N–H and O–H groups in total. The molecule has 6 heteroatoms. The standard InChI is InChI=1S/C11H11BrF4O/c12-5-1-2-7-3-4-8(17-11(15)16)6-9(7)10(13)14/h3-4,6,10-11H,1-2,5H2. The van der Waals surface area contributed by atoms with Crippen LogP contribution >= 0.6 is 15.9 Å². The third-order valence-corrected chi connectivity index (χ3v) is 2.72. The zero-order chi connectivity index (χ0) is 12.8. The Morgan fingerprint density at radius 3 is 2.41 bits per heavy atom. The lowest BCUT2D eigenvalue weighted by Gasteiger charge is -2.11. The van der Waals surface area contributed by atoms with E-state index in [-0.39, 0.29) is 11.3 Å². The van der Waals surface area contributed by atoms with E-state index in [1.165, 1.54) is 12.1 Å². The first-order valence-electron chi connectivity index (χ1n) is 4.96. The van der Waals surface area contributed by atoms with Crippen molar-refractivity contribution in [3.8, 4) is 5.75 Å². The summed E-state index contributed by atoms with van der Waals surface area (Å²) in [5.41, 5.74) is 0.213. The van der Waals surface area contributed by atoms with E-state index in [9.17, 15) is 17.6 Å². The van der Waals surface area contributed by atoms with Crippen molar-refractivity contribution in [1.29, 1.82) is 0 Å². The maximum absolute atomic E-state index is 12.7. The highest BCUT2D eigenvalue weighted by Gasteiger charge is 2.15. The van der Waals surface area contributed by atoms with Gasteiger partial charge in [0.2, 0.25) is 0 Å². The maximum Gasteiger partial charge on any atom is 0.387 e. The molecule has 0 spiro atoms. The molecule has 0 fully saturated rings. The molecule has 0 atom stereocenters. The van der Waals surface area contributed by atoms with Gasteiger partial charge in [0.15, 0.2) is 0 Å². The van der Waals surface area contributed by atoms with Gasteiger partial charge in [0.05, 0.1) is 0 Å². The molecule has 1 aromatic rings. The molecule has 1 rings (SSSR count). The van der Waals surface area contributed by atoms with Crippen molar-refractivity contribution in [3.05, 3.63) is 29.3 Å². The Morgan fingerprint density at radius 1 is 1.18 bits per heavy atom. The highest BCUT2D eigenvalue weighted by Crippen LogP contribution is 2.28. The Labute approximate surface area is 105 Å². The van der Waals surface area contributed by atoms with Crippen molar-refractivity contribution in [3.63, 3.8) is 0 Å². The quantitative estimate of drug-likeness (QED) is 0.553. The van der Waals surface area contributed by atoms with Gasteiger partial charge in [-0.2, -0.15) is 8.78 Å². The van der Waals surface area contributed by atoms with Crippen molar-refractivity contribution in [2.24, 2.45) is 0 Å². The summed E-state index contributed by atoms with van der Waals surface area (Å²) in [5.74, 6) is -0.238. The summed E-state index contributed by atoms with van der Waals surface area (Å²) in [5, 5.41) is 0.699. The summed E-state index contributed by atoms with van der Waals surface area (Å²) >= 11 is 3.20. The van der Waals surface area contributed by atoms with Crippen molar-refractivity contribution >= 4 is 15.9 Å². The highest BCUT2D eigenvalue weighted by molar-refractivity contribution is 9.09.